The largest absolute Gasteiger partial charge is 0.496 e. The molecule has 0 radical (unpaired) electrons. The number of piperazine rings is 1. The minimum absolute atomic E-state index is 0.0400. The van der Waals surface area contributed by atoms with E-state index in [-0.39, 0.29) is 24.4 Å². The zero-order valence-corrected chi connectivity index (χ0v) is 14.4. The molecule has 0 bridgehead atoms. The number of carbonyl (C=O) groups excluding carboxylic acids is 2. The summed E-state index contributed by atoms with van der Waals surface area (Å²) in [5.74, 6) is 0.982. The fourth-order valence-electron chi connectivity index (χ4n) is 3.51. The summed E-state index contributed by atoms with van der Waals surface area (Å²) in [5.41, 5.74) is 1.09. The molecule has 24 heavy (non-hydrogen) atoms. The van der Waals surface area contributed by atoms with E-state index >= 15 is 0 Å². The molecule has 2 fully saturated rings. The second-order valence-electron chi connectivity index (χ2n) is 6.50. The van der Waals surface area contributed by atoms with E-state index in [2.05, 4.69) is 18.0 Å². The number of hydrogen-bond acceptors (Lipinski definition) is 4. The number of ether oxygens (including phenoxy) is 1. The van der Waals surface area contributed by atoms with Crippen LogP contribution in [0.3, 0.4) is 0 Å². The van der Waals surface area contributed by atoms with E-state index in [0.29, 0.717) is 26.1 Å². The smallest absolute Gasteiger partial charge is 0.242 e. The van der Waals surface area contributed by atoms with Crippen LogP contribution in [0.5, 0.6) is 5.75 Å². The standard InChI is InChI=1S/C18H25N3O3/c1-19-10-11-21(18(23)13-20-9-5-8-17(20)22)12-15(19)14-6-3-4-7-16(14)24-2/h3-4,6-7,15H,5,8-13H2,1-2H3/t15-/m1/s1. The van der Waals surface area contributed by atoms with Gasteiger partial charge in [0, 0.05) is 38.2 Å². The molecule has 6 nitrogen and oxygen atoms in total. The predicted octanol–water partition coefficient (Wildman–Crippen LogP) is 1.13. The molecule has 0 saturated carbocycles. The molecule has 6 heteroatoms. The van der Waals surface area contributed by atoms with Gasteiger partial charge in [0.2, 0.25) is 11.8 Å². The summed E-state index contributed by atoms with van der Waals surface area (Å²) in [4.78, 5) is 30.2. The molecule has 2 aliphatic rings. The van der Waals surface area contributed by atoms with Crippen LogP contribution in [0, 0.1) is 0 Å². The van der Waals surface area contributed by atoms with E-state index in [4.69, 9.17) is 4.74 Å². The fraction of sp³-hybridized carbons (Fsp3) is 0.556. The van der Waals surface area contributed by atoms with Crippen LogP contribution in [0.25, 0.3) is 0 Å². The number of amides is 2. The lowest BCUT2D eigenvalue weighted by Crippen LogP contribution is -2.51. The van der Waals surface area contributed by atoms with Crippen LogP contribution in [-0.4, -0.2) is 73.4 Å². The van der Waals surface area contributed by atoms with Crippen LogP contribution >= 0.6 is 0 Å². The van der Waals surface area contributed by atoms with Crippen molar-refractivity contribution < 1.29 is 14.3 Å². The van der Waals surface area contributed by atoms with Crippen LogP contribution in [0.2, 0.25) is 0 Å². The molecule has 1 aromatic carbocycles. The highest BCUT2D eigenvalue weighted by Crippen LogP contribution is 2.31. The number of carbonyl (C=O) groups is 2. The molecule has 1 atom stereocenters. The number of hydrogen-bond donors (Lipinski definition) is 0. The van der Waals surface area contributed by atoms with Crippen molar-refractivity contribution in [2.75, 3.05) is 46.9 Å². The number of likely N-dealkylation sites (N-methyl/N-ethyl adjacent to an activating group) is 1. The number of rotatable bonds is 4. The molecule has 0 N–H and O–H groups in total. The van der Waals surface area contributed by atoms with Crippen molar-refractivity contribution in [3.8, 4) is 5.75 Å². The van der Waals surface area contributed by atoms with Crippen molar-refractivity contribution >= 4 is 11.8 Å². The zero-order valence-electron chi connectivity index (χ0n) is 14.4. The minimum Gasteiger partial charge on any atom is -0.496 e. The summed E-state index contributed by atoms with van der Waals surface area (Å²) < 4.78 is 5.48. The highest BCUT2D eigenvalue weighted by Gasteiger charge is 2.32. The van der Waals surface area contributed by atoms with E-state index in [0.717, 1.165) is 24.3 Å². The molecule has 0 unspecified atom stereocenters. The monoisotopic (exact) mass is 331 g/mol. The van der Waals surface area contributed by atoms with Crippen molar-refractivity contribution in [1.29, 1.82) is 0 Å². The molecular formula is C18H25N3O3. The third kappa shape index (κ3) is 3.38. The van der Waals surface area contributed by atoms with E-state index in [1.807, 2.05) is 23.1 Å². The summed E-state index contributed by atoms with van der Waals surface area (Å²) in [7, 11) is 3.74. The SMILES string of the molecule is COc1ccccc1[C@H]1CN(C(=O)CN2CCCC2=O)CCN1C. The van der Waals surface area contributed by atoms with Gasteiger partial charge in [0.1, 0.15) is 5.75 Å². The summed E-state index contributed by atoms with van der Waals surface area (Å²) >= 11 is 0. The molecule has 2 amide bonds. The highest BCUT2D eigenvalue weighted by atomic mass is 16.5. The van der Waals surface area contributed by atoms with E-state index in [9.17, 15) is 9.59 Å². The van der Waals surface area contributed by atoms with Gasteiger partial charge in [0.25, 0.3) is 0 Å². The van der Waals surface area contributed by atoms with Crippen LogP contribution in [0.4, 0.5) is 0 Å². The lowest BCUT2D eigenvalue weighted by Gasteiger charge is -2.40. The van der Waals surface area contributed by atoms with Crippen LogP contribution in [0.15, 0.2) is 24.3 Å². The maximum atomic E-state index is 12.6. The normalized spacial score (nSPS) is 22.1. The number of benzene rings is 1. The van der Waals surface area contributed by atoms with Gasteiger partial charge in [-0.05, 0) is 19.5 Å². The van der Waals surface area contributed by atoms with E-state index in [1.54, 1.807) is 12.0 Å². The molecule has 0 aromatic heterocycles. The number of para-hydroxylation sites is 1. The van der Waals surface area contributed by atoms with Crippen LogP contribution in [-0.2, 0) is 9.59 Å². The van der Waals surface area contributed by atoms with Gasteiger partial charge < -0.3 is 14.5 Å². The molecule has 130 valence electrons. The first-order valence-corrected chi connectivity index (χ1v) is 8.49. The average Bonchev–Trinajstić information content (AvgIpc) is 3.00. The van der Waals surface area contributed by atoms with Gasteiger partial charge in [-0.25, -0.2) is 0 Å². The van der Waals surface area contributed by atoms with Gasteiger partial charge in [-0.15, -0.1) is 0 Å². The summed E-state index contributed by atoms with van der Waals surface area (Å²) in [5, 5.41) is 0. The average molecular weight is 331 g/mol. The van der Waals surface area contributed by atoms with Crippen LogP contribution < -0.4 is 4.74 Å². The Bertz CT molecular complexity index is 619. The van der Waals surface area contributed by atoms with Gasteiger partial charge in [0.15, 0.2) is 0 Å². The summed E-state index contributed by atoms with van der Waals surface area (Å²) in [6.45, 7) is 3.04. The quantitative estimate of drug-likeness (QED) is 0.830. The van der Waals surface area contributed by atoms with Crippen molar-refractivity contribution in [3.63, 3.8) is 0 Å². The number of likely N-dealkylation sites (tertiary alicyclic amines) is 1. The third-order valence-electron chi connectivity index (χ3n) is 5.00. The Morgan fingerprint density at radius 3 is 2.75 bits per heavy atom. The molecule has 0 spiro atoms. The topological polar surface area (TPSA) is 53.1 Å². The Hall–Kier alpha value is -2.08. The van der Waals surface area contributed by atoms with Gasteiger partial charge in [-0.3, -0.25) is 14.5 Å². The lowest BCUT2D eigenvalue weighted by atomic mass is 10.0. The maximum Gasteiger partial charge on any atom is 0.242 e. The Morgan fingerprint density at radius 2 is 2.04 bits per heavy atom. The first-order valence-electron chi connectivity index (χ1n) is 8.49. The molecule has 1 aromatic rings. The highest BCUT2D eigenvalue weighted by molar-refractivity contribution is 5.86. The summed E-state index contributed by atoms with van der Waals surface area (Å²) in [6.07, 6.45) is 1.43. The van der Waals surface area contributed by atoms with Crippen molar-refractivity contribution in [2.45, 2.75) is 18.9 Å². The fourth-order valence-corrected chi connectivity index (χ4v) is 3.51. The molecule has 2 saturated heterocycles. The molecule has 2 heterocycles. The predicted molar refractivity (Wildman–Crippen MR) is 90.8 cm³/mol. The Labute approximate surface area is 143 Å². The van der Waals surface area contributed by atoms with Gasteiger partial charge in [-0.1, -0.05) is 18.2 Å². The van der Waals surface area contributed by atoms with Crippen molar-refractivity contribution in [1.82, 2.24) is 14.7 Å². The first kappa shape index (κ1) is 16.8. The maximum absolute atomic E-state index is 12.6. The lowest BCUT2D eigenvalue weighted by molar-refractivity contribution is -0.140. The zero-order chi connectivity index (χ0) is 17.1. The number of nitrogens with zero attached hydrogens (tertiary/aromatic N) is 3. The van der Waals surface area contributed by atoms with Crippen molar-refractivity contribution in [2.24, 2.45) is 0 Å². The molecular weight excluding hydrogens is 306 g/mol. The van der Waals surface area contributed by atoms with Gasteiger partial charge >= 0.3 is 0 Å². The van der Waals surface area contributed by atoms with Gasteiger partial charge in [0.05, 0.1) is 19.7 Å². The molecule has 3 rings (SSSR count). The second-order valence-corrected chi connectivity index (χ2v) is 6.50. The Kier molecular flexibility index (Phi) is 5.04. The Morgan fingerprint density at radius 1 is 1.25 bits per heavy atom. The Balaban J connectivity index is 1.71. The van der Waals surface area contributed by atoms with Crippen molar-refractivity contribution in [3.05, 3.63) is 29.8 Å². The summed E-state index contributed by atoms with van der Waals surface area (Å²) in [6, 6.07) is 8.06. The molecule has 2 aliphatic heterocycles. The van der Waals surface area contributed by atoms with E-state index < -0.39 is 0 Å². The van der Waals surface area contributed by atoms with E-state index in [1.165, 1.54) is 0 Å². The van der Waals surface area contributed by atoms with Crippen LogP contribution in [0.1, 0.15) is 24.4 Å². The second kappa shape index (κ2) is 7.21. The number of methoxy groups -OCH3 is 1. The molecule has 0 aliphatic carbocycles. The first-order chi connectivity index (χ1) is 11.6. The van der Waals surface area contributed by atoms with Gasteiger partial charge in [-0.2, -0.15) is 0 Å². The minimum atomic E-state index is 0.0400. The third-order valence-corrected chi connectivity index (χ3v) is 5.00.